The molecule has 1 fully saturated rings. The molecule has 1 aromatic carbocycles. The summed E-state index contributed by atoms with van der Waals surface area (Å²) in [6, 6.07) is 4.01. The van der Waals surface area contributed by atoms with Gasteiger partial charge in [-0.25, -0.2) is 0 Å². The lowest BCUT2D eigenvalue weighted by Crippen LogP contribution is -2.42. The van der Waals surface area contributed by atoms with E-state index in [1.165, 1.54) is 30.2 Å². The predicted molar refractivity (Wildman–Crippen MR) is 75.9 cm³/mol. The van der Waals surface area contributed by atoms with Crippen molar-refractivity contribution in [3.8, 4) is 11.5 Å². The van der Waals surface area contributed by atoms with Gasteiger partial charge < -0.3 is 19.5 Å². The van der Waals surface area contributed by atoms with Crippen LogP contribution in [0, 0.1) is 5.92 Å². The fraction of sp³-hybridized carbons (Fsp3) is 0.467. The standard InChI is InChI=1S/C15H17F2NO5/c1-22-10-4-5-11(12(7-10)23-15(16)17)13(19)18-6-2-3-9(8-18)14(20)21/h4-5,7,9,15H,2-3,6,8H2,1H3,(H,20,21). The van der Waals surface area contributed by atoms with E-state index in [1.54, 1.807) is 0 Å². The second-order valence-corrected chi connectivity index (χ2v) is 5.17. The Morgan fingerprint density at radius 3 is 2.74 bits per heavy atom. The number of carboxylic acid groups (broad SMARTS) is 1. The molecule has 0 bridgehead atoms. The number of likely N-dealkylation sites (tertiary alicyclic amines) is 1. The van der Waals surface area contributed by atoms with Gasteiger partial charge in [0.1, 0.15) is 11.5 Å². The average molecular weight is 329 g/mol. The molecule has 1 aliphatic rings. The summed E-state index contributed by atoms with van der Waals surface area (Å²) in [6.07, 6.45) is 1.03. The highest BCUT2D eigenvalue weighted by Gasteiger charge is 2.30. The van der Waals surface area contributed by atoms with Crippen molar-refractivity contribution in [1.29, 1.82) is 0 Å². The fourth-order valence-corrected chi connectivity index (χ4v) is 2.53. The van der Waals surface area contributed by atoms with Crippen molar-refractivity contribution in [2.75, 3.05) is 20.2 Å². The molecule has 1 N–H and O–H groups in total. The van der Waals surface area contributed by atoms with E-state index in [2.05, 4.69) is 4.74 Å². The largest absolute Gasteiger partial charge is 0.497 e. The summed E-state index contributed by atoms with van der Waals surface area (Å²) in [7, 11) is 1.37. The van der Waals surface area contributed by atoms with Crippen molar-refractivity contribution < 1.29 is 33.0 Å². The number of amides is 1. The number of nitrogens with zero attached hydrogens (tertiary/aromatic N) is 1. The highest BCUT2D eigenvalue weighted by atomic mass is 19.3. The third-order valence-electron chi connectivity index (χ3n) is 3.69. The van der Waals surface area contributed by atoms with Crippen LogP contribution in [0.1, 0.15) is 23.2 Å². The average Bonchev–Trinajstić information content (AvgIpc) is 2.53. The maximum Gasteiger partial charge on any atom is 0.387 e. The molecular formula is C15H17F2NO5. The number of rotatable bonds is 5. The summed E-state index contributed by atoms with van der Waals surface area (Å²) in [6.45, 7) is -2.65. The number of benzene rings is 1. The zero-order chi connectivity index (χ0) is 17.0. The van der Waals surface area contributed by atoms with E-state index in [4.69, 9.17) is 9.84 Å². The Bertz CT molecular complexity index is 593. The summed E-state index contributed by atoms with van der Waals surface area (Å²) in [5.41, 5.74) is -0.0443. The Labute approximate surface area is 131 Å². The third kappa shape index (κ3) is 4.08. The summed E-state index contributed by atoms with van der Waals surface area (Å²) < 4.78 is 34.4. The lowest BCUT2D eigenvalue weighted by atomic mass is 9.97. The van der Waals surface area contributed by atoms with Gasteiger partial charge >= 0.3 is 12.6 Å². The Morgan fingerprint density at radius 2 is 2.13 bits per heavy atom. The van der Waals surface area contributed by atoms with Crippen LogP contribution in [0.25, 0.3) is 0 Å². The van der Waals surface area contributed by atoms with E-state index in [0.29, 0.717) is 19.4 Å². The predicted octanol–water partition coefficient (Wildman–Crippen LogP) is 2.23. The van der Waals surface area contributed by atoms with Gasteiger partial charge in [0.15, 0.2) is 0 Å². The topological polar surface area (TPSA) is 76.1 Å². The van der Waals surface area contributed by atoms with Crippen molar-refractivity contribution in [3.63, 3.8) is 0 Å². The van der Waals surface area contributed by atoms with Crippen LogP contribution in [-0.2, 0) is 4.79 Å². The molecule has 1 aromatic rings. The van der Waals surface area contributed by atoms with Crippen LogP contribution >= 0.6 is 0 Å². The number of halogens is 2. The Balaban J connectivity index is 2.25. The van der Waals surface area contributed by atoms with E-state index in [1.807, 2.05) is 0 Å². The maximum atomic E-state index is 12.5. The SMILES string of the molecule is COc1ccc(C(=O)N2CCCC(C(=O)O)C2)c(OC(F)F)c1. The van der Waals surface area contributed by atoms with Crippen molar-refractivity contribution in [2.24, 2.45) is 5.92 Å². The molecule has 1 atom stereocenters. The minimum absolute atomic E-state index is 0.0443. The van der Waals surface area contributed by atoms with Gasteiger partial charge in [0.2, 0.25) is 0 Å². The Kier molecular flexibility index (Phi) is 5.36. The van der Waals surface area contributed by atoms with Crippen LogP contribution in [0.3, 0.4) is 0 Å². The van der Waals surface area contributed by atoms with Gasteiger partial charge in [0.05, 0.1) is 18.6 Å². The Morgan fingerprint density at radius 1 is 1.39 bits per heavy atom. The van der Waals surface area contributed by atoms with Crippen molar-refractivity contribution >= 4 is 11.9 Å². The molecule has 1 unspecified atom stereocenters. The number of hydrogen-bond acceptors (Lipinski definition) is 4. The first-order chi connectivity index (χ1) is 10.9. The molecule has 8 heteroatoms. The molecule has 6 nitrogen and oxygen atoms in total. The van der Waals surface area contributed by atoms with Crippen LogP contribution in [0.4, 0.5) is 8.78 Å². The monoisotopic (exact) mass is 329 g/mol. The molecule has 0 aromatic heterocycles. The van der Waals surface area contributed by atoms with Gasteiger partial charge in [-0.05, 0) is 25.0 Å². The fourth-order valence-electron chi connectivity index (χ4n) is 2.53. The van der Waals surface area contributed by atoms with Gasteiger partial charge in [-0.2, -0.15) is 8.78 Å². The van der Waals surface area contributed by atoms with Crippen molar-refractivity contribution in [2.45, 2.75) is 19.5 Å². The second-order valence-electron chi connectivity index (χ2n) is 5.17. The number of methoxy groups -OCH3 is 1. The number of ether oxygens (including phenoxy) is 2. The molecule has 23 heavy (non-hydrogen) atoms. The zero-order valence-corrected chi connectivity index (χ0v) is 12.5. The molecule has 1 aliphatic heterocycles. The number of alkyl halides is 2. The highest BCUT2D eigenvalue weighted by molar-refractivity contribution is 5.97. The van der Waals surface area contributed by atoms with Crippen LogP contribution in [0.2, 0.25) is 0 Å². The number of carboxylic acids is 1. The Hall–Kier alpha value is -2.38. The smallest absolute Gasteiger partial charge is 0.387 e. The van der Waals surface area contributed by atoms with E-state index >= 15 is 0 Å². The molecule has 0 saturated carbocycles. The van der Waals surface area contributed by atoms with Crippen LogP contribution in [0.5, 0.6) is 11.5 Å². The summed E-state index contributed by atoms with van der Waals surface area (Å²) in [4.78, 5) is 25.0. The molecular weight excluding hydrogens is 312 g/mol. The van der Waals surface area contributed by atoms with Gasteiger partial charge in [-0.3, -0.25) is 9.59 Å². The first kappa shape index (κ1) is 17.0. The number of hydrogen-bond donors (Lipinski definition) is 1. The zero-order valence-electron chi connectivity index (χ0n) is 12.5. The molecule has 1 heterocycles. The molecule has 1 amide bonds. The van der Waals surface area contributed by atoms with Crippen molar-refractivity contribution in [3.05, 3.63) is 23.8 Å². The molecule has 0 aliphatic carbocycles. The lowest BCUT2D eigenvalue weighted by molar-refractivity contribution is -0.143. The summed E-state index contributed by atoms with van der Waals surface area (Å²) in [5, 5.41) is 9.07. The van der Waals surface area contributed by atoms with E-state index in [9.17, 15) is 18.4 Å². The van der Waals surface area contributed by atoms with Gasteiger partial charge in [-0.15, -0.1) is 0 Å². The van der Waals surface area contributed by atoms with Crippen LogP contribution < -0.4 is 9.47 Å². The molecule has 0 radical (unpaired) electrons. The van der Waals surface area contributed by atoms with E-state index in [0.717, 1.165) is 0 Å². The third-order valence-corrected chi connectivity index (χ3v) is 3.69. The molecule has 0 spiro atoms. The molecule has 2 rings (SSSR count). The van der Waals surface area contributed by atoms with Gasteiger partial charge in [0.25, 0.3) is 5.91 Å². The van der Waals surface area contributed by atoms with E-state index < -0.39 is 24.4 Å². The molecule has 1 saturated heterocycles. The number of carbonyl (C=O) groups excluding carboxylic acids is 1. The summed E-state index contributed by atoms with van der Waals surface area (Å²) >= 11 is 0. The van der Waals surface area contributed by atoms with E-state index in [-0.39, 0.29) is 23.6 Å². The van der Waals surface area contributed by atoms with Crippen LogP contribution in [0.15, 0.2) is 18.2 Å². The number of aliphatic carboxylic acids is 1. The number of piperidine rings is 1. The minimum Gasteiger partial charge on any atom is -0.497 e. The first-order valence-corrected chi connectivity index (χ1v) is 7.07. The van der Waals surface area contributed by atoms with Crippen LogP contribution in [-0.4, -0.2) is 48.7 Å². The normalized spacial score (nSPS) is 17.9. The maximum absolute atomic E-state index is 12.5. The van der Waals surface area contributed by atoms with Gasteiger partial charge in [-0.1, -0.05) is 0 Å². The lowest BCUT2D eigenvalue weighted by Gasteiger charge is -2.31. The second kappa shape index (κ2) is 7.26. The van der Waals surface area contributed by atoms with Crippen molar-refractivity contribution in [1.82, 2.24) is 4.90 Å². The summed E-state index contributed by atoms with van der Waals surface area (Å²) in [5.74, 6) is -2.16. The first-order valence-electron chi connectivity index (χ1n) is 7.07. The number of carbonyl (C=O) groups is 2. The quantitative estimate of drug-likeness (QED) is 0.896. The highest BCUT2D eigenvalue weighted by Crippen LogP contribution is 2.29. The minimum atomic E-state index is -3.08. The van der Waals surface area contributed by atoms with Gasteiger partial charge in [0, 0.05) is 19.2 Å². The molecule has 126 valence electrons.